The third kappa shape index (κ3) is 10.2. The van der Waals surface area contributed by atoms with Crippen LogP contribution in [0.15, 0.2) is 164 Å². The first-order valence-corrected chi connectivity index (χ1v) is 32.7. The molecule has 0 saturated heterocycles. The number of aryl methyl sites for hydroxylation is 2. The minimum absolute atomic E-state index is 0. The SMILES string of the molecule is CC(C)c1cccc(C(C)C)c1-n1c(-c2[c-]cccc2)nc2cccc(-c3cc4c5c(c3)-n3c6ccc(C(C)(C)C)cc6c6cc(C(C)(C)C)cc(c63)B5c3cc(C(C)(C)C)cc5c6cc(C(C)(C)C)ccc6n-4c35)c21.Cc1cnc(-c2[c-]cc(F)cc2)cc1C.[Ir]. The predicted molar refractivity (Wildman–Crippen MR) is 385 cm³/mol. The van der Waals surface area contributed by atoms with Crippen molar-refractivity contribution in [2.24, 2.45) is 0 Å². The van der Waals surface area contributed by atoms with Gasteiger partial charge in [0.1, 0.15) is 0 Å². The fourth-order valence-electron chi connectivity index (χ4n) is 14.4. The van der Waals surface area contributed by atoms with Crippen molar-refractivity contribution in [3.8, 4) is 50.8 Å². The van der Waals surface area contributed by atoms with Crippen molar-refractivity contribution in [3.05, 3.63) is 226 Å². The zero-order valence-electron chi connectivity index (χ0n) is 56.8. The van der Waals surface area contributed by atoms with Crippen LogP contribution >= 0.6 is 0 Å². The van der Waals surface area contributed by atoms with Gasteiger partial charge in [0.25, 0.3) is 6.71 Å². The first-order valence-electron chi connectivity index (χ1n) is 32.7. The molecule has 0 amide bonds. The molecular weight excluding hydrogens is 1300 g/mol. The van der Waals surface area contributed by atoms with Crippen LogP contribution in [0, 0.1) is 31.8 Å². The molecule has 0 unspecified atom stereocenters. The summed E-state index contributed by atoms with van der Waals surface area (Å²) >= 11 is 0. The molecule has 6 heterocycles. The number of fused-ring (bicyclic) bond motifs is 11. The molecule has 5 nitrogen and oxygen atoms in total. The number of rotatable bonds is 6. The minimum atomic E-state index is -0.275. The average Bonchev–Trinajstić information content (AvgIpc) is 1.44. The molecule has 0 saturated carbocycles. The van der Waals surface area contributed by atoms with E-state index in [0.29, 0.717) is 0 Å². The summed E-state index contributed by atoms with van der Waals surface area (Å²) in [5.41, 5.74) is 30.2. The number of benzene rings is 9. The van der Waals surface area contributed by atoms with Gasteiger partial charge in [0.15, 0.2) is 0 Å². The zero-order chi connectivity index (χ0) is 64.3. The second-order valence-electron chi connectivity index (χ2n) is 30.8. The molecule has 0 bridgehead atoms. The van der Waals surface area contributed by atoms with Crippen molar-refractivity contribution in [2.45, 2.75) is 158 Å². The van der Waals surface area contributed by atoms with E-state index in [0.717, 1.165) is 44.8 Å². The Kier molecular flexibility index (Phi) is 15.2. The summed E-state index contributed by atoms with van der Waals surface area (Å²) in [5, 5.41) is 5.30. The Balaban J connectivity index is 0.000000424. The maximum Gasteiger partial charge on any atom is 0.252 e. The number of halogens is 1. The van der Waals surface area contributed by atoms with Gasteiger partial charge in [-0.3, -0.25) is 9.37 Å². The van der Waals surface area contributed by atoms with Gasteiger partial charge in [-0.25, -0.2) is 0 Å². The van der Waals surface area contributed by atoms with Crippen molar-refractivity contribution in [1.82, 2.24) is 23.7 Å². The molecule has 1 radical (unpaired) electrons. The van der Waals surface area contributed by atoms with Crippen LogP contribution in [0.5, 0.6) is 0 Å². The van der Waals surface area contributed by atoms with Gasteiger partial charge in [0.2, 0.25) is 0 Å². The summed E-state index contributed by atoms with van der Waals surface area (Å²) in [7, 11) is 0. The Hall–Kier alpha value is -8.16. The third-order valence-electron chi connectivity index (χ3n) is 19.7. The summed E-state index contributed by atoms with van der Waals surface area (Å²) in [6.07, 6.45) is 1.82. The third-order valence-corrected chi connectivity index (χ3v) is 19.7. The molecule has 0 fully saturated rings. The summed E-state index contributed by atoms with van der Waals surface area (Å²) in [5.74, 6) is 1.19. The van der Waals surface area contributed by atoms with E-state index in [9.17, 15) is 4.39 Å². The van der Waals surface area contributed by atoms with Crippen molar-refractivity contribution >= 4 is 77.7 Å². The second-order valence-corrected chi connectivity index (χ2v) is 30.8. The molecule has 0 N–H and O–H groups in total. The molecule has 465 valence electrons. The van der Waals surface area contributed by atoms with Crippen LogP contribution in [0.2, 0.25) is 0 Å². The summed E-state index contributed by atoms with van der Waals surface area (Å²) < 4.78 is 20.5. The van der Waals surface area contributed by atoms with Gasteiger partial charge in [-0.15, -0.1) is 65.7 Å². The van der Waals surface area contributed by atoms with E-state index < -0.39 is 0 Å². The van der Waals surface area contributed by atoms with Gasteiger partial charge < -0.3 is 18.7 Å². The van der Waals surface area contributed by atoms with E-state index in [1.165, 1.54) is 134 Å². The van der Waals surface area contributed by atoms with Gasteiger partial charge in [-0.05, 0) is 169 Å². The Morgan fingerprint density at radius 3 is 1.50 bits per heavy atom. The number of nitrogens with zero attached hydrogens (tertiary/aromatic N) is 5. The van der Waals surface area contributed by atoms with Gasteiger partial charge in [-0.1, -0.05) is 177 Å². The van der Waals surface area contributed by atoms with Crippen molar-refractivity contribution in [1.29, 1.82) is 0 Å². The fraction of sp³-hybridized carbons (Fsp3) is 0.286. The van der Waals surface area contributed by atoms with E-state index in [-0.39, 0.29) is 66.1 Å². The number of para-hydroxylation sites is 2. The first kappa shape index (κ1) is 62.6. The molecule has 0 aliphatic carbocycles. The molecule has 13 aromatic rings. The zero-order valence-corrected chi connectivity index (χ0v) is 59.2. The maximum absolute atomic E-state index is 12.7. The molecule has 9 aromatic carbocycles. The Morgan fingerprint density at radius 2 is 1.02 bits per heavy atom. The monoisotopic (exact) mass is 1380 g/mol. The molecule has 92 heavy (non-hydrogen) atoms. The molecular formula is C84H83BFIrN5-2. The second kappa shape index (κ2) is 22.3. The molecule has 15 rings (SSSR count). The predicted octanol–water partition coefficient (Wildman–Crippen LogP) is 20.2. The Bertz CT molecular complexity index is 4920. The molecule has 2 aliphatic rings. The summed E-state index contributed by atoms with van der Waals surface area (Å²) in [4.78, 5) is 9.91. The van der Waals surface area contributed by atoms with Crippen LogP contribution in [0.3, 0.4) is 0 Å². The van der Waals surface area contributed by atoms with Crippen LogP contribution in [-0.2, 0) is 41.8 Å². The summed E-state index contributed by atoms with van der Waals surface area (Å²) in [6, 6.07) is 65.0. The number of pyridine rings is 1. The quantitative estimate of drug-likeness (QED) is 0.123. The molecule has 4 aromatic heterocycles. The van der Waals surface area contributed by atoms with E-state index in [4.69, 9.17) is 4.98 Å². The maximum atomic E-state index is 12.7. The number of aromatic nitrogens is 5. The van der Waals surface area contributed by atoms with Crippen LogP contribution < -0.4 is 16.4 Å². The van der Waals surface area contributed by atoms with E-state index in [1.54, 1.807) is 6.07 Å². The molecule has 0 atom stereocenters. The van der Waals surface area contributed by atoms with Gasteiger partial charge >= 0.3 is 0 Å². The fourth-order valence-corrected chi connectivity index (χ4v) is 14.4. The molecule has 8 heteroatoms. The van der Waals surface area contributed by atoms with Gasteiger partial charge in [0, 0.05) is 87.3 Å². The van der Waals surface area contributed by atoms with Crippen LogP contribution in [0.25, 0.3) is 105 Å². The molecule has 2 aliphatic heterocycles. The normalized spacial score (nSPS) is 13.0. The topological polar surface area (TPSA) is 40.6 Å². The largest absolute Gasteiger partial charge is 0.332 e. The minimum Gasteiger partial charge on any atom is -0.332 e. The smallest absolute Gasteiger partial charge is 0.252 e. The van der Waals surface area contributed by atoms with Gasteiger partial charge in [0.05, 0.1) is 27.9 Å². The summed E-state index contributed by atoms with van der Waals surface area (Å²) in [6.45, 7) is 41.7. The van der Waals surface area contributed by atoms with Crippen molar-refractivity contribution in [2.75, 3.05) is 0 Å². The van der Waals surface area contributed by atoms with Crippen molar-refractivity contribution in [3.63, 3.8) is 0 Å². The Labute approximate surface area is 557 Å². The van der Waals surface area contributed by atoms with Gasteiger partial charge in [-0.2, -0.15) is 0 Å². The number of imidazole rings is 1. The average molecular weight is 1380 g/mol. The Morgan fingerprint density at radius 1 is 0.489 bits per heavy atom. The van der Waals surface area contributed by atoms with Crippen LogP contribution in [0.4, 0.5) is 4.39 Å². The first-order chi connectivity index (χ1) is 43.1. The number of hydrogen-bond donors (Lipinski definition) is 0. The molecule has 0 spiro atoms. The standard InChI is InChI=1S/C71H72BN4.C13H11FN.Ir/c1-40(2)48-24-20-25-49(41(3)4)63(48)76-66-50(26-21-27-57(66)73-67(76)42-22-18-17-19-23-42)43-32-60-62-61(33-43)75-59-31-29-45(69(8,9)10)35-52(59)54-37-47(71(14,15)16)39-56(65(54)75)72(62)55-38-46(70(11,12)13)36-53-51-34-44(68(5,6)7)28-30-58(51)74(60)64(53)55;1-9-7-13(15-8-10(9)2)11-3-5-12(14)6-4-11;/h17-22,24-41H,1-16H3;3,5-8H,1-2H3;/q2*-1;. The van der Waals surface area contributed by atoms with E-state index in [2.05, 4.69) is 269 Å². The van der Waals surface area contributed by atoms with E-state index in [1.807, 2.05) is 32.2 Å². The van der Waals surface area contributed by atoms with Crippen LogP contribution in [-0.4, -0.2) is 30.4 Å². The van der Waals surface area contributed by atoms with Crippen molar-refractivity contribution < 1.29 is 24.5 Å². The van der Waals surface area contributed by atoms with Crippen LogP contribution in [0.1, 0.15) is 167 Å². The van der Waals surface area contributed by atoms with E-state index >= 15 is 0 Å². The number of hydrogen-bond acceptors (Lipinski definition) is 2.